The molecule has 1 amide bonds. The van der Waals surface area contributed by atoms with Crippen molar-refractivity contribution < 1.29 is 9.18 Å². The normalized spacial score (nSPS) is 10.2. The van der Waals surface area contributed by atoms with Gasteiger partial charge in [-0.25, -0.2) is 4.39 Å². The SMILES string of the molecule is CC(=O)Nc1ccc(NCc2ccc(F)c(C)c2)cc1. The summed E-state index contributed by atoms with van der Waals surface area (Å²) in [6, 6.07) is 12.5. The number of anilines is 2. The Hall–Kier alpha value is -2.36. The first kappa shape index (κ1) is 14.1. The molecule has 0 atom stereocenters. The molecule has 0 saturated carbocycles. The van der Waals surface area contributed by atoms with Crippen LogP contribution in [0.15, 0.2) is 42.5 Å². The fraction of sp³-hybridized carbons (Fsp3) is 0.188. The van der Waals surface area contributed by atoms with E-state index in [9.17, 15) is 9.18 Å². The van der Waals surface area contributed by atoms with Crippen molar-refractivity contribution in [2.45, 2.75) is 20.4 Å². The molecule has 0 unspecified atom stereocenters. The Morgan fingerprint density at radius 3 is 2.35 bits per heavy atom. The summed E-state index contributed by atoms with van der Waals surface area (Å²) in [5.74, 6) is -0.277. The third-order valence-corrected chi connectivity index (χ3v) is 2.92. The van der Waals surface area contributed by atoms with Gasteiger partial charge in [0.2, 0.25) is 5.91 Å². The molecule has 104 valence electrons. The van der Waals surface area contributed by atoms with E-state index < -0.39 is 0 Å². The van der Waals surface area contributed by atoms with Crippen molar-refractivity contribution in [3.8, 4) is 0 Å². The van der Waals surface area contributed by atoms with Crippen LogP contribution in [0.5, 0.6) is 0 Å². The van der Waals surface area contributed by atoms with Crippen molar-refractivity contribution in [3.05, 3.63) is 59.4 Å². The summed E-state index contributed by atoms with van der Waals surface area (Å²) in [6.07, 6.45) is 0. The van der Waals surface area contributed by atoms with Crippen LogP contribution < -0.4 is 10.6 Å². The molecule has 4 heteroatoms. The molecule has 2 aromatic rings. The van der Waals surface area contributed by atoms with Gasteiger partial charge in [0, 0.05) is 24.8 Å². The fourth-order valence-electron chi connectivity index (χ4n) is 1.90. The molecular formula is C16H17FN2O. The zero-order valence-corrected chi connectivity index (χ0v) is 11.5. The number of aryl methyl sites for hydroxylation is 1. The van der Waals surface area contributed by atoms with Gasteiger partial charge < -0.3 is 10.6 Å². The minimum absolute atomic E-state index is 0.0903. The smallest absolute Gasteiger partial charge is 0.221 e. The van der Waals surface area contributed by atoms with Gasteiger partial charge in [0.25, 0.3) is 0 Å². The highest BCUT2D eigenvalue weighted by molar-refractivity contribution is 5.88. The van der Waals surface area contributed by atoms with Crippen molar-refractivity contribution in [1.82, 2.24) is 0 Å². The summed E-state index contributed by atoms with van der Waals surface area (Å²) in [6.45, 7) is 3.85. The van der Waals surface area contributed by atoms with Gasteiger partial charge in [-0.2, -0.15) is 0 Å². The average molecular weight is 272 g/mol. The van der Waals surface area contributed by atoms with Gasteiger partial charge in [-0.15, -0.1) is 0 Å². The quantitative estimate of drug-likeness (QED) is 0.891. The average Bonchev–Trinajstić information content (AvgIpc) is 2.41. The van der Waals surface area contributed by atoms with Gasteiger partial charge in [-0.1, -0.05) is 12.1 Å². The standard InChI is InChI=1S/C16H17FN2O/c1-11-9-13(3-8-16(11)17)10-18-14-4-6-15(7-5-14)19-12(2)20/h3-9,18H,10H2,1-2H3,(H,19,20). The highest BCUT2D eigenvalue weighted by Crippen LogP contribution is 2.15. The zero-order chi connectivity index (χ0) is 14.5. The van der Waals surface area contributed by atoms with E-state index in [-0.39, 0.29) is 11.7 Å². The number of benzene rings is 2. The second-order valence-corrected chi connectivity index (χ2v) is 4.70. The van der Waals surface area contributed by atoms with Crippen molar-refractivity contribution in [2.24, 2.45) is 0 Å². The molecule has 0 aliphatic heterocycles. The maximum absolute atomic E-state index is 13.2. The Morgan fingerprint density at radius 1 is 1.10 bits per heavy atom. The van der Waals surface area contributed by atoms with E-state index >= 15 is 0 Å². The van der Waals surface area contributed by atoms with Gasteiger partial charge >= 0.3 is 0 Å². The Balaban J connectivity index is 1.96. The lowest BCUT2D eigenvalue weighted by Gasteiger charge is -2.09. The van der Waals surface area contributed by atoms with Crippen LogP contribution in [0, 0.1) is 12.7 Å². The van der Waals surface area contributed by atoms with E-state index in [0.717, 1.165) is 16.9 Å². The number of halogens is 1. The number of hydrogen-bond acceptors (Lipinski definition) is 2. The highest BCUT2D eigenvalue weighted by Gasteiger charge is 2.00. The number of carbonyl (C=O) groups excluding carboxylic acids is 1. The topological polar surface area (TPSA) is 41.1 Å². The second-order valence-electron chi connectivity index (χ2n) is 4.70. The Labute approximate surface area is 117 Å². The number of amides is 1. The summed E-state index contributed by atoms with van der Waals surface area (Å²) in [5.41, 5.74) is 3.38. The van der Waals surface area contributed by atoms with Gasteiger partial charge in [0.05, 0.1) is 0 Å². The van der Waals surface area contributed by atoms with Crippen LogP contribution in [0.4, 0.5) is 15.8 Å². The van der Waals surface area contributed by atoms with Crippen LogP contribution in [-0.4, -0.2) is 5.91 Å². The number of carbonyl (C=O) groups is 1. The third kappa shape index (κ3) is 3.82. The molecule has 3 nitrogen and oxygen atoms in total. The van der Waals surface area contributed by atoms with E-state index in [1.165, 1.54) is 13.0 Å². The summed E-state index contributed by atoms with van der Waals surface area (Å²) >= 11 is 0. The van der Waals surface area contributed by atoms with Crippen LogP contribution in [-0.2, 0) is 11.3 Å². The molecule has 2 rings (SSSR count). The van der Waals surface area contributed by atoms with Gasteiger partial charge in [-0.3, -0.25) is 4.79 Å². The highest BCUT2D eigenvalue weighted by atomic mass is 19.1. The monoisotopic (exact) mass is 272 g/mol. The number of hydrogen-bond donors (Lipinski definition) is 2. The molecule has 20 heavy (non-hydrogen) atoms. The van der Waals surface area contributed by atoms with Crippen LogP contribution in [0.25, 0.3) is 0 Å². The van der Waals surface area contributed by atoms with E-state index in [1.54, 1.807) is 13.0 Å². The molecule has 0 bridgehead atoms. The van der Waals surface area contributed by atoms with Crippen molar-refractivity contribution in [1.29, 1.82) is 0 Å². The van der Waals surface area contributed by atoms with Crippen molar-refractivity contribution >= 4 is 17.3 Å². The van der Waals surface area contributed by atoms with E-state index in [0.29, 0.717) is 12.1 Å². The number of nitrogens with one attached hydrogen (secondary N) is 2. The van der Waals surface area contributed by atoms with E-state index in [4.69, 9.17) is 0 Å². The number of rotatable bonds is 4. The fourth-order valence-corrected chi connectivity index (χ4v) is 1.90. The maximum atomic E-state index is 13.2. The van der Waals surface area contributed by atoms with Gasteiger partial charge in [0.1, 0.15) is 5.82 Å². The minimum Gasteiger partial charge on any atom is -0.381 e. The lowest BCUT2D eigenvalue weighted by Crippen LogP contribution is -2.05. The lowest BCUT2D eigenvalue weighted by atomic mass is 10.1. The molecule has 0 radical (unpaired) electrons. The molecule has 0 aromatic heterocycles. The van der Waals surface area contributed by atoms with Crippen LogP contribution in [0.3, 0.4) is 0 Å². The molecule has 2 aromatic carbocycles. The van der Waals surface area contributed by atoms with Crippen molar-refractivity contribution in [2.75, 3.05) is 10.6 Å². The largest absolute Gasteiger partial charge is 0.381 e. The van der Waals surface area contributed by atoms with Gasteiger partial charge in [0.15, 0.2) is 0 Å². The predicted octanol–water partition coefficient (Wildman–Crippen LogP) is 3.70. The molecular weight excluding hydrogens is 255 g/mol. The first-order valence-corrected chi connectivity index (χ1v) is 6.41. The Bertz CT molecular complexity index is 608. The molecule has 2 N–H and O–H groups in total. The van der Waals surface area contributed by atoms with Crippen LogP contribution >= 0.6 is 0 Å². The molecule has 0 aliphatic carbocycles. The molecule has 0 saturated heterocycles. The minimum atomic E-state index is -0.187. The van der Waals surface area contributed by atoms with E-state index in [2.05, 4.69) is 10.6 Å². The molecule has 0 spiro atoms. The summed E-state index contributed by atoms with van der Waals surface area (Å²) in [5, 5.41) is 5.96. The Kier molecular flexibility index (Phi) is 4.35. The van der Waals surface area contributed by atoms with Gasteiger partial charge in [-0.05, 0) is 48.4 Å². The lowest BCUT2D eigenvalue weighted by molar-refractivity contribution is -0.114. The van der Waals surface area contributed by atoms with Crippen molar-refractivity contribution in [3.63, 3.8) is 0 Å². The van der Waals surface area contributed by atoms with Crippen LogP contribution in [0.1, 0.15) is 18.1 Å². The zero-order valence-electron chi connectivity index (χ0n) is 11.5. The maximum Gasteiger partial charge on any atom is 0.221 e. The summed E-state index contributed by atoms with van der Waals surface area (Å²) < 4.78 is 13.2. The molecule has 0 fully saturated rings. The summed E-state index contributed by atoms with van der Waals surface area (Å²) in [7, 11) is 0. The summed E-state index contributed by atoms with van der Waals surface area (Å²) in [4.78, 5) is 10.9. The first-order chi connectivity index (χ1) is 9.54. The second kappa shape index (κ2) is 6.19. The van der Waals surface area contributed by atoms with Crippen LogP contribution in [0.2, 0.25) is 0 Å². The Morgan fingerprint density at radius 2 is 1.75 bits per heavy atom. The third-order valence-electron chi connectivity index (χ3n) is 2.92. The predicted molar refractivity (Wildman–Crippen MR) is 79.2 cm³/mol. The molecule has 0 aliphatic rings. The molecule has 0 heterocycles. The van der Waals surface area contributed by atoms with E-state index in [1.807, 2.05) is 30.3 Å². The first-order valence-electron chi connectivity index (χ1n) is 6.41.